The number of rotatable bonds is 7. The molecule has 1 aromatic heterocycles. The Balaban J connectivity index is 2.44. The van der Waals surface area contributed by atoms with Crippen LogP contribution in [0, 0.1) is 0 Å². The summed E-state index contributed by atoms with van der Waals surface area (Å²) in [5.41, 5.74) is 0.0336. The Hall–Kier alpha value is -0.740. The topological polar surface area (TPSA) is 36.2 Å². The van der Waals surface area contributed by atoms with Gasteiger partial charge >= 0.3 is 5.69 Å². The van der Waals surface area contributed by atoms with Gasteiger partial charge in [0.2, 0.25) is 0 Å². The van der Waals surface area contributed by atoms with E-state index in [1.54, 1.807) is 15.3 Å². The van der Waals surface area contributed by atoms with Gasteiger partial charge in [-0.1, -0.05) is 6.92 Å². The number of hydrogen-bond donors (Lipinski definition) is 0. The van der Waals surface area contributed by atoms with Gasteiger partial charge in [0.05, 0.1) is 19.8 Å². The van der Waals surface area contributed by atoms with Gasteiger partial charge < -0.3 is 4.74 Å². The molecule has 0 saturated heterocycles. The number of ether oxygens (including phenoxy) is 1. The summed E-state index contributed by atoms with van der Waals surface area (Å²) in [6.45, 7) is 4.48. The van der Waals surface area contributed by atoms with Gasteiger partial charge in [-0.05, 0) is 6.42 Å². The highest BCUT2D eigenvalue weighted by atomic mass is 35.5. The minimum atomic E-state index is 0.0336. The molecule has 0 aliphatic rings. The smallest absolute Gasteiger partial charge is 0.328 e. The van der Waals surface area contributed by atoms with E-state index in [2.05, 4.69) is 0 Å². The van der Waals surface area contributed by atoms with Crippen molar-refractivity contribution in [1.29, 1.82) is 0 Å². The average Bonchev–Trinajstić information content (AvgIpc) is 2.57. The summed E-state index contributed by atoms with van der Waals surface area (Å²) >= 11 is 5.46. The summed E-state index contributed by atoms with van der Waals surface area (Å²) in [6.07, 6.45) is 4.57. The maximum atomic E-state index is 11.7. The van der Waals surface area contributed by atoms with E-state index in [1.165, 1.54) is 0 Å². The van der Waals surface area contributed by atoms with Crippen molar-refractivity contribution in [3.63, 3.8) is 0 Å². The van der Waals surface area contributed by atoms with Crippen LogP contribution in [0.4, 0.5) is 0 Å². The molecular formula is C10H17ClN2O2. The van der Waals surface area contributed by atoms with Crippen LogP contribution in [-0.4, -0.2) is 28.2 Å². The molecular weight excluding hydrogens is 216 g/mol. The normalized spacial score (nSPS) is 10.8. The molecule has 0 aliphatic heterocycles. The molecule has 0 unspecified atom stereocenters. The van der Waals surface area contributed by atoms with Crippen LogP contribution in [0.2, 0.25) is 0 Å². The Labute approximate surface area is 94.4 Å². The Kier molecular flexibility index (Phi) is 5.50. The molecule has 1 aromatic rings. The van der Waals surface area contributed by atoms with E-state index in [0.29, 0.717) is 25.6 Å². The predicted molar refractivity (Wildman–Crippen MR) is 60.5 cm³/mol. The van der Waals surface area contributed by atoms with Crippen LogP contribution in [0.5, 0.6) is 0 Å². The van der Waals surface area contributed by atoms with Crippen LogP contribution in [0.1, 0.15) is 13.3 Å². The van der Waals surface area contributed by atoms with Crippen molar-refractivity contribution in [2.24, 2.45) is 0 Å². The third kappa shape index (κ3) is 3.72. The lowest BCUT2D eigenvalue weighted by atomic mass is 10.5. The molecule has 5 heteroatoms. The van der Waals surface area contributed by atoms with E-state index in [9.17, 15) is 4.79 Å². The number of hydrogen-bond acceptors (Lipinski definition) is 2. The van der Waals surface area contributed by atoms with E-state index in [4.69, 9.17) is 16.3 Å². The number of aromatic nitrogens is 2. The van der Waals surface area contributed by atoms with Crippen molar-refractivity contribution in [2.75, 3.05) is 19.1 Å². The summed E-state index contributed by atoms with van der Waals surface area (Å²) < 4.78 is 8.58. The molecule has 0 fully saturated rings. The van der Waals surface area contributed by atoms with Gasteiger partial charge in [-0.15, -0.1) is 11.6 Å². The summed E-state index contributed by atoms with van der Waals surface area (Å²) in [6, 6.07) is 0. The number of aryl methyl sites for hydroxylation is 1. The van der Waals surface area contributed by atoms with Crippen molar-refractivity contribution >= 4 is 11.6 Å². The Morgan fingerprint density at radius 1 is 1.27 bits per heavy atom. The molecule has 0 saturated carbocycles. The van der Waals surface area contributed by atoms with Crippen LogP contribution >= 0.6 is 11.6 Å². The van der Waals surface area contributed by atoms with Gasteiger partial charge in [0.25, 0.3) is 0 Å². The second-order valence-electron chi connectivity index (χ2n) is 3.27. The number of alkyl halides is 1. The van der Waals surface area contributed by atoms with Crippen LogP contribution in [0.25, 0.3) is 0 Å². The molecule has 0 spiro atoms. The van der Waals surface area contributed by atoms with E-state index < -0.39 is 0 Å². The third-order valence-electron chi connectivity index (χ3n) is 2.08. The highest BCUT2D eigenvalue weighted by Crippen LogP contribution is 1.89. The SMILES string of the molecule is CCCn1ccn(CCOCCCl)c1=O. The minimum absolute atomic E-state index is 0.0336. The first kappa shape index (κ1) is 12.3. The standard InChI is InChI=1S/C10H17ClN2O2/c1-2-4-12-5-6-13(10(12)14)7-9-15-8-3-11/h5-6H,2-4,7-9H2,1H3. The van der Waals surface area contributed by atoms with Crippen LogP contribution in [0.15, 0.2) is 17.2 Å². The quantitative estimate of drug-likeness (QED) is 0.525. The molecule has 1 heterocycles. The van der Waals surface area contributed by atoms with Gasteiger partial charge in [0.1, 0.15) is 0 Å². The molecule has 0 aliphatic carbocycles. The maximum absolute atomic E-state index is 11.7. The average molecular weight is 233 g/mol. The van der Waals surface area contributed by atoms with Gasteiger partial charge in [-0.2, -0.15) is 0 Å². The number of nitrogens with zero attached hydrogens (tertiary/aromatic N) is 2. The van der Waals surface area contributed by atoms with Crippen LogP contribution in [-0.2, 0) is 17.8 Å². The fraction of sp³-hybridized carbons (Fsp3) is 0.700. The lowest BCUT2D eigenvalue weighted by Crippen LogP contribution is -2.25. The van der Waals surface area contributed by atoms with Crippen LogP contribution < -0.4 is 5.69 Å². The highest BCUT2D eigenvalue weighted by molar-refractivity contribution is 6.17. The Morgan fingerprint density at radius 2 is 1.93 bits per heavy atom. The summed E-state index contributed by atoms with van der Waals surface area (Å²) in [5.74, 6) is 0.492. The number of imidazole rings is 1. The first-order chi connectivity index (χ1) is 7.29. The molecule has 15 heavy (non-hydrogen) atoms. The van der Waals surface area contributed by atoms with Crippen molar-refractivity contribution in [2.45, 2.75) is 26.4 Å². The molecule has 4 nitrogen and oxygen atoms in total. The van der Waals surface area contributed by atoms with Gasteiger partial charge in [-0.3, -0.25) is 9.13 Å². The van der Waals surface area contributed by atoms with Gasteiger partial charge in [-0.25, -0.2) is 4.79 Å². The zero-order chi connectivity index (χ0) is 11.1. The number of halogens is 1. The fourth-order valence-corrected chi connectivity index (χ4v) is 1.46. The third-order valence-corrected chi connectivity index (χ3v) is 2.23. The Morgan fingerprint density at radius 3 is 2.53 bits per heavy atom. The van der Waals surface area contributed by atoms with Crippen molar-refractivity contribution in [3.8, 4) is 0 Å². The lowest BCUT2D eigenvalue weighted by molar-refractivity contribution is 0.140. The van der Waals surface area contributed by atoms with Gasteiger partial charge in [0, 0.05) is 24.8 Å². The lowest BCUT2D eigenvalue weighted by Gasteiger charge is -2.02. The predicted octanol–water partition coefficient (Wildman–Crippen LogP) is 1.32. The zero-order valence-electron chi connectivity index (χ0n) is 8.99. The first-order valence-electron chi connectivity index (χ1n) is 5.19. The maximum Gasteiger partial charge on any atom is 0.328 e. The monoisotopic (exact) mass is 232 g/mol. The molecule has 0 radical (unpaired) electrons. The molecule has 0 bridgehead atoms. The van der Waals surface area contributed by atoms with Crippen molar-refractivity contribution in [1.82, 2.24) is 9.13 Å². The van der Waals surface area contributed by atoms with Crippen molar-refractivity contribution in [3.05, 3.63) is 22.9 Å². The highest BCUT2D eigenvalue weighted by Gasteiger charge is 2.01. The Bertz CT molecular complexity index is 332. The van der Waals surface area contributed by atoms with Crippen molar-refractivity contribution < 1.29 is 4.74 Å². The molecule has 0 aromatic carbocycles. The molecule has 0 atom stereocenters. The van der Waals surface area contributed by atoms with E-state index in [1.807, 2.05) is 13.1 Å². The minimum Gasteiger partial charge on any atom is -0.378 e. The second kappa shape index (κ2) is 6.69. The molecule has 86 valence electrons. The molecule has 0 N–H and O–H groups in total. The van der Waals surface area contributed by atoms with E-state index >= 15 is 0 Å². The van der Waals surface area contributed by atoms with Crippen LogP contribution in [0.3, 0.4) is 0 Å². The fourth-order valence-electron chi connectivity index (χ4n) is 1.35. The summed E-state index contributed by atoms with van der Waals surface area (Å²) in [7, 11) is 0. The molecule has 0 amide bonds. The van der Waals surface area contributed by atoms with E-state index in [-0.39, 0.29) is 5.69 Å². The molecule has 1 rings (SSSR count). The summed E-state index contributed by atoms with van der Waals surface area (Å²) in [4.78, 5) is 11.7. The van der Waals surface area contributed by atoms with E-state index in [0.717, 1.165) is 13.0 Å². The summed E-state index contributed by atoms with van der Waals surface area (Å²) in [5, 5.41) is 0. The largest absolute Gasteiger partial charge is 0.378 e. The zero-order valence-corrected chi connectivity index (χ0v) is 9.74. The first-order valence-corrected chi connectivity index (χ1v) is 5.72. The second-order valence-corrected chi connectivity index (χ2v) is 3.65. The van der Waals surface area contributed by atoms with Gasteiger partial charge in [0.15, 0.2) is 0 Å².